The highest BCUT2D eigenvalue weighted by Gasteiger charge is 2.26. The van der Waals surface area contributed by atoms with Gasteiger partial charge in [-0.05, 0) is 43.2 Å². The Morgan fingerprint density at radius 2 is 1.68 bits per heavy atom. The first-order valence-corrected chi connectivity index (χ1v) is 10.2. The molecule has 3 aromatic rings. The molecular formula is C22H26Cl3N5O. The summed E-state index contributed by atoms with van der Waals surface area (Å²) in [6.07, 6.45) is 0.506. The van der Waals surface area contributed by atoms with Crippen LogP contribution in [0.3, 0.4) is 0 Å². The Balaban J connectivity index is 0.00000171. The summed E-state index contributed by atoms with van der Waals surface area (Å²) < 4.78 is 0. The summed E-state index contributed by atoms with van der Waals surface area (Å²) in [6, 6.07) is 14.9. The number of nitrogens with two attached hydrogens (primary N) is 1. The number of piperazine rings is 1. The van der Waals surface area contributed by atoms with Crippen molar-refractivity contribution in [1.29, 1.82) is 0 Å². The zero-order chi connectivity index (χ0) is 20.4. The van der Waals surface area contributed by atoms with E-state index in [1.165, 1.54) is 0 Å². The van der Waals surface area contributed by atoms with E-state index in [0.29, 0.717) is 24.5 Å². The second-order valence-corrected chi connectivity index (χ2v) is 7.80. The molecule has 0 unspecified atom stereocenters. The minimum absolute atomic E-state index is 0. The molecule has 2 N–H and O–H groups in total. The van der Waals surface area contributed by atoms with Gasteiger partial charge in [0.25, 0.3) is 0 Å². The van der Waals surface area contributed by atoms with Crippen LogP contribution in [0.5, 0.6) is 0 Å². The molecule has 1 amide bonds. The average molecular weight is 483 g/mol. The van der Waals surface area contributed by atoms with Gasteiger partial charge in [-0.25, -0.2) is 9.97 Å². The number of aryl methyl sites for hydroxylation is 1. The van der Waals surface area contributed by atoms with Gasteiger partial charge < -0.3 is 15.5 Å². The standard InChI is InChI=1S/C22H24ClN5O.2ClH/c1-15-25-20-5-3-2-4-18(20)21(26-15)27-10-12-28(13-11-27)22(29)19(24)14-16-6-8-17(23)9-7-16;;/h2-9,19H,10-14,24H2,1H3;2*1H/t19-;;/m1../s1. The van der Waals surface area contributed by atoms with Crippen molar-refractivity contribution < 1.29 is 4.79 Å². The van der Waals surface area contributed by atoms with Gasteiger partial charge in [-0.3, -0.25) is 4.79 Å². The number of carbonyl (C=O) groups excluding carboxylic acids is 1. The summed E-state index contributed by atoms with van der Waals surface area (Å²) >= 11 is 5.92. The molecule has 1 atom stereocenters. The Kier molecular flexibility index (Phi) is 8.89. The smallest absolute Gasteiger partial charge is 0.239 e. The molecule has 0 saturated carbocycles. The largest absolute Gasteiger partial charge is 0.352 e. The van der Waals surface area contributed by atoms with Gasteiger partial charge in [0.1, 0.15) is 11.6 Å². The Labute approximate surface area is 199 Å². The summed E-state index contributed by atoms with van der Waals surface area (Å²) in [7, 11) is 0. The van der Waals surface area contributed by atoms with Gasteiger partial charge >= 0.3 is 0 Å². The van der Waals surface area contributed by atoms with E-state index in [0.717, 1.165) is 41.2 Å². The monoisotopic (exact) mass is 481 g/mol. The molecule has 166 valence electrons. The number of carbonyl (C=O) groups is 1. The van der Waals surface area contributed by atoms with Crippen LogP contribution in [-0.2, 0) is 11.2 Å². The quantitative estimate of drug-likeness (QED) is 0.614. The van der Waals surface area contributed by atoms with Crippen LogP contribution in [0.1, 0.15) is 11.4 Å². The van der Waals surface area contributed by atoms with Crippen molar-refractivity contribution in [2.75, 3.05) is 31.1 Å². The third kappa shape index (κ3) is 5.77. The molecule has 1 aromatic heterocycles. The van der Waals surface area contributed by atoms with Gasteiger partial charge in [0, 0.05) is 36.6 Å². The van der Waals surface area contributed by atoms with Crippen molar-refractivity contribution in [2.24, 2.45) is 5.73 Å². The highest BCUT2D eigenvalue weighted by atomic mass is 35.5. The zero-order valence-electron chi connectivity index (χ0n) is 17.2. The number of hydrogen-bond acceptors (Lipinski definition) is 5. The van der Waals surface area contributed by atoms with E-state index in [1.807, 2.05) is 60.4 Å². The summed E-state index contributed by atoms with van der Waals surface area (Å²) in [5, 5.41) is 1.72. The number of halogens is 3. The number of para-hydroxylation sites is 1. The van der Waals surface area contributed by atoms with E-state index in [2.05, 4.69) is 14.9 Å². The van der Waals surface area contributed by atoms with Crippen LogP contribution in [0.15, 0.2) is 48.5 Å². The number of hydrogen-bond donors (Lipinski definition) is 1. The number of anilines is 1. The molecule has 31 heavy (non-hydrogen) atoms. The number of amides is 1. The van der Waals surface area contributed by atoms with Crippen molar-refractivity contribution in [1.82, 2.24) is 14.9 Å². The Hall–Kier alpha value is -2.12. The van der Waals surface area contributed by atoms with E-state index >= 15 is 0 Å². The van der Waals surface area contributed by atoms with Crippen LogP contribution >= 0.6 is 36.4 Å². The van der Waals surface area contributed by atoms with Crippen molar-refractivity contribution in [2.45, 2.75) is 19.4 Å². The molecule has 1 aliphatic rings. The van der Waals surface area contributed by atoms with Gasteiger partial charge in [-0.15, -0.1) is 24.8 Å². The summed E-state index contributed by atoms with van der Waals surface area (Å²) in [5.41, 5.74) is 8.15. The van der Waals surface area contributed by atoms with E-state index in [1.54, 1.807) is 0 Å². The van der Waals surface area contributed by atoms with Crippen LogP contribution in [0.2, 0.25) is 5.02 Å². The van der Waals surface area contributed by atoms with Crippen molar-refractivity contribution >= 4 is 59.0 Å². The van der Waals surface area contributed by atoms with E-state index in [4.69, 9.17) is 17.3 Å². The predicted octanol–water partition coefficient (Wildman–Crippen LogP) is 3.65. The van der Waals surface area contributed by atoms with Gasteiger partial charge in [-0.1, -0.05) is 35.9 Å². The minimum Gasteiger partial charge on any atom is -0.352 e. The molecule has 6 nitrogen and oxygen atoms in total. The molecule has 0 aliphatic carbocycles. The number of nitrogens with zero attached hydrogens (tertiary/aromatic N) is 4. The molecule has 0 bridgehead atoms. The normalized spacial score (nSPS) is 14.5. The second-order valence-electron chi connectivity index (χ2n) is 7.36. The van der Waals surface area contributed by atoms with E-state index < -0.39 is 6.04 Å². The number of rotatable bonds is 4. The lowest BCUT2D eigenvalue weighted by atomic mass is 10.1. The van der Waals surface area contributed by atoms with Crippen LogP contribution in [-0.4, -0.2) is 53.0 Å². The van der Waals surface area contributed by atoms with E-state index in [-0.39, 0.29) is 30.7 Å². The summed E-state index contributed by atoms with van der Waals surface area (Å²) in [4.78, 5) is 26.1. The van der Waals surface area contributed by atoms with Gasteiger partial charge in [0.15, 0.2) is 0 Å². The first kappa shape index (κ1) is 25.1. The maximum Gasteiger partial charge on any atom is 0.239 e. The Morgan fingerprint density at radius 3 is 2.35 bits per heavy atom. The molecule has 1 fully saturated rings. The van der Waals surface area contributed by atoms with Crippen molar-refractivity contribution in [3.63, 3.8) is 0 Å². The number of benzene rings is 2. The first-order valence-electron chi connectivity index (χ1n) is 9.78. The fourth-order valence-corrected chi connectivity index (χ4v) is 3.87. The SMILES string of the molecule is Cc1nc(N2CCN(C(=O)[C@H](N)Cc3ccc(Cl)cc3)CC2)c2ccccc2n1.Cl.Cl. The molecule has 2 heterocycles. The number of aromatic nitrogens is 2. The lowest BCUT2D eigenvalue weighted by molar-refractivity contribution is -0.132. The van der Waals surface area contributed by atoms with Gasteiger partial charge in [0.2, 0.25) is 5.91 Å². The summed E-state index contributed by atoms with van der Waals surface area (Å²) in [6.45, 7) is 4.61. The molecule has 0 radical (unpaired) electrons. The number of fused-ring (bicyclic) bond motifs is 1. The predicted molar refractivity (Wildman–Crippen MR) is 131 cm³/mol. The Bertz CT molecular complexity index is 1020. The molecule has 0 spiro atoms. The zero-order valence-corrected chi connectivity index (χ0v) is 19.6. The van der Waals surface area contributed by atoms with Crippen molar-refractivity contribution in [3.8, 4) is 0 Å². The average Bonchev–Trinajstić information content (AvgIpc) is 2.74. The van der Waals surface area contributed by atoms with Crippen LogP contribution < -0.4 is 10.6 Å². The third-order valence-corrected chi connectivity index (χ3v) is 5.52. The maximum absolute atomic E-state index is 12.8. The van der Waals surface area contributed by atoms with Gasteiger partial charge in [0.05, 0.1) is 11.6 Å². The van der Waals surface area contributed by atoms with E-state index in [9.17, 15) is 4.79 Å². The second kappa shape index (κ2) is 11.0. The molecule has 2 aromatic carbocycles. The molecule has 4 rings (SSSR count). The first-order chi connectivity index (χ1) is 14.0. The highest BCUT2D eigenvalue weighted by Crippen LogP contribution is 2.25. The van der Waals surface area contributed by atoms with Gasteiger partial charge in [-0.2, -0.15) is 0 Å². The maximum atomic E-state index is 12.8. The van der Waals surface area contributed by atoms with Crippen LogP contribution in [0, 0.1) is 6.92 Å². The van der Waals surface area contributed by atoms with Crippen molar-refractivity contribution in [3.05, 3.63) is 64.9 Å². The summed E-state index contributed by atoms with van der Waals surface area (Å²) in [5.74, 6) is 1.68. The fourth-order valence-electron chi connectivity index (χ4n) is 3.75. The highest BCUT2D eigenvalue weighted by molar-refractivity contribution is 6.30. The minimum atomic E-state index is -0.551. The lowest BCUT2D eigenvalue weighted by Crippen LogP contribution is -2.53. The molecule has 1 saturated heterocycles. The fraction of sp³-hybridized carbons (Fsp3) is 0.318. The Morgan fingerprint density at radius 1 is 1.03 bits per heavy atom. The lowest BCUT2D eigenvalue weighted by Gasteiger charge is -2.37. The topological polar surface area (TPSA) is 75.4 Å². The molecule has 9 heteroatoms. The third-order valence-electron chi connectivity index (χ3n) is 5.27. The molecule has 1 aliphatic heterocycles. The van der Waals surface area contributed by atoms with Crippen LogP contribution in [0.25, 0.3) is 10.9 Å². The van der Waals surface area contributed by atoms with Crippen LogP contribution in [0.4, 0.5) is 5.82 Å². The molecular weight excluding hydrogens is 457 g/mol.